The van der Waals surface area contributed by atoms with Gasteiger partial charge in [-0.05, 0) is 25.1 Å². The molecular weight excluding hydrogens is 326 g/mol. The van der Waals surface area contributed by atoms with Crippen LogP contribution in [0.1, 0.15) is 24.2 Å². The molecule has 0 aliphatic carbocycles. The number of hydrogen-bond donors (Lipinski definition) is 1. The molecule has 7 nitrogen and oxygen atoms in total. The van der Waals surface area contributed by atoms with Crippen LogP contribution in [0.4, 0.5) is 5.13 Å². The van der Waals surface area contributed by atoms with Crippen LogP contribution in [0.25, 0.3) is 0 Å². The van der Waals surface area contributed by atoms with Crippen molar-refractivity contribution in [2.75, 3.05) is 17.7 Å². The van der Waals surface area contributed by atoms with E-state index in [-0.39, 0.29) is 15.2 Å². The van der Waals surface area contributed by atoms with Crippen molar-refractivity contribution >= 4 is 32.2 Å². The Morgan fingerprint density at radius 1 is 1.32 bits per heavy atom. The van der Waals surface area contributed by atoms with Crippen LogP contribution in [-0.4, -0.2) is 36.9 Å². The Bertz CT molecular complexity index is 771. The molecular formula is C13H15N3O4S2. The summed E-state index contributed by atoms with van der Waals surface area (Å²) in [6.07, 6.45) is 0. The van der Waals surface area contributed by atoms with Gasteiger partial charge in [-0.2, -0.15) is 0 Å². The van der Waals surface area contributed by atoms with E-state index >= 15 is 0 Å². The van der Waals surface area contributed by atoms with Gasteiger partial charge in [0.25, 0.3) is 5.91 Å². The molecule has 22 heavy (non-hydrogen) atoms. The van der Waals surface area contributed by atoms with Crippen LogP contribution in [0, 0.1) is 0 Å². The van der Waals surface area contributed by atoms with Gasteiger partial charge in [0.05, 0.1) is 12.4 Å². The van der Waals surface area contributed by atoms with Crippen molar-refractivity contribution in [3.8, 4) is 5.75 Å². The molecule has 1 heterocycles. The normalized spacial score (nSPS) is 11.2. The van der Waals surface area contributed by atoms with Gasteiger partial charge in [-0.3, -0.25) is 10.1 Å². The molecule has 1 aromatic carbocycles. The maximum absolute atomic E-state index is 12.1. The minimum atomic E-state index is -3.42. The minimum Gasteiger partial charge on any atom is -0.494 e. The molecule has 1 N–H and O–H groups in total. The molecule has 0 atom stereocenters. The van der Waals surface area contributed by atoms with Crippen molar-refractivity contribution in [1.82, 2.24) is 10.2 Å². The van der Waals surface area contributed by atoms with Crippen LogP contribution in [-0.2, 0) is 9.84 Å². The smallest absolute Gasteiger partial charge is 0.257 e. The molecule has 0 aliphatic heterocycles. The zero-order valence-electron chi connectivity index (χ0n) is 12.1. The topological polar surface area (TPSA) is 98.2 Å². The molecule has 0 saturated heterocycles. The first-order valence-electron chi connectivity index (χ1n) is 6.56. The Kier molecular flexibility index (Phi) is 5.09. The average molecular weight is 341 g/mol. The van der Waals surface area contributed by atoms with Gasteiger partial charge in [0.2, 0.25) is 19.3 Å². The third-order valence-corrected chi connectivity index (χ3v) is 5.70. The number of ether oxygens (including phenoxy) is 1. The Balaban J connectivity index is 2.14. The fourth-order valence-corrected chi connectivity index (χ4v) is 3.56. The number of benzene rings is 1. The van der Waals surface area contributed by atoms with Crippen LogP contribution < -0.4 is 10.1 Å². The lowest BCUT2D eigenvalue weighted by atomic mass is 10.2. The van der Waals surface area contributed by atoms with Crippen molar-refractivity contribution in [3.05, 3.63) is 29.8 Å². The van der Waals surface area contributed by atoms with E-state index in [2.05, 4.69) is 15.5 Å². The van der Waals surface area contributed by atoms with Gasteiger partial charge in [0.1, 0.15) is 5.75 Å². The third kappa shape index (κ3) is 3.80. The summed E-state index contributed by atoms with van der Waals surface area (Å²) in [6.45, 7) is 3.87. The second-order valence-corrected chi connectivity index (χ2v) is 7.62. The summed E-state index contributed by atoms with van der Waals surface area (Å²) in [4.78, 5) is 12.1. The molecule has 0 radical (unpaired) electrons. The summed E-state index contributed by atoms with van der Waals surface area (Å²) in [6, 6.07) is 6.68. The highest BCUT2D eigenvalue weighted by atomic mass is 32.2. The molecule has 1 amide bonds. The van der Waals surface area contributed by atoms with E-state index < -0.39 is 15.7 Å². The number of carbonyl (C=O) groups is 1. The first kappa shape index (κ1) is 16.4. The Hall–Kier alpha value is -2.00. The highest BCUT2D eigenvalue weighted by molar-refractivity contribution is 7.93. The van der Waals surface area contributed by atoms with Crippen LogP contribution >= 0.6 is 11.3 Å². The summed E-state index contributed by atoms with van der Waals surface area (Å²) in [5.41, 5.74) is 0.390. The Labute approximate surface area is 132 Å². The number of sulfone groups is 1. The first-order chi connectivity index (χ1) is 10.5. The number of nitrogens with zero attached hydrogens (tertiary/aromatic N) is 2. The minimum absolute atomic E-state index is 0.0635. The molecule has 2 aromatic rings. The second kappa shape index (κ2) is 6.84. The molecule has 0 saturated carbocycles. The number of carbonyl (C=O) groups excluding carboxylic acids is 1. The predicted molar refractivity (Wildman–Crippen MR) is 83.2 cm³/mol. The quantitative estimate of drug-likeness (QED) is 0.807. The molecule has 0 fully saturated rings. The fourth-order valence-electron chi connectivity index (χ4n) is 1.57. The van der Waals surface area contributed by atoms with Gasteiger partial charge in [-0.15, -0.1) is 10.2 Å². The molecule has 118 valence electrons. The van der Waals surface area contributed by atoms with Crippen molar-refractivity contribution in [2.45, 2.75) is 18.2 Å². The van der Waals surface area contributed by atoms with E-state index in [9.17, 15) is 13.2 Å². The Morgan fingerprint density at radius 2 is 2.09 bits per heavy atom. The van der Waals surface area contributed by atoms with E-state index in [1.54, 1.807) is 24.3 Å². The van der Waals surface area contributed by atoms with Gasteiger partial charge in [-0.25, -0.2) is 8.42 Å². The SMILES string of the molecule is CCOc1cccc(C(=O)Nc2nnc(S(=O)(=O)CC)s2)c1. The summed E-state index contributed by atoms with van der Waals surface area (Å²) in [5.74, 6) is 0.117. The third-order valence-electron chi connectivity index (χ3n) is 2.68. The molecule has 2 rings (SSSR count). The maximum Gasteiger partial charge on any atom is 0.257 e. The monoisotopic (exact) mass is 341 g/mol. The van der Waals surface area contributed by atoms with Gasteiger partial charge in [0, 0.05) is 5.56 Å². The van der Waals surface area contributed by atoms with Crippen LogP contribution in [0.3, 0.4) is 0 Å². The lowest BCUT2D eigenvalue weighted by Crippen LogP contribution is -2.11. The van der Waals surface area contributed by atoms with Crippen molar-refractivity contribution in [1.29, 1.82) is 0 Å². The van der Waals surface area contributed by atoms with E-state index in [1.165, 1.54) is 6.92 Å². The number of hydrogen-bond acceptors (Lipinski definition) is 7. The predicted octanol–water partition coefficient (Wildman–Crippen LogP) is 1.98. The lowest BCUT2D eigenvalue weighted by molar-refractivity contribution is 0.102. The number of nitrogens with one attached hydrogen (secondary N) is 1. The highest BCUT2D eigenvalue weighted by Crippen LogP contribution is 2.22. The standard InChI is InChI=1S/C13H15N3O4S2/c1-3-20-10-7-5-6-9(8-10)11(17)14-12-15-16-13(21-12)22(18,19)4-2/h5-8H,3-4H2,1-2H3,(H,14,15,17). The number of rotatable bonds is 6. The average Bonchev–Trinajstić information content (AvgIpc) is 2.97. The van der Waals surface area contributed by atoms with Gasteiger partial charge >= 0.3 is 0 Å². The van der Waals surface area contributed by atoms with E-state index in [0.29, 0.717) is 17.9 Å². The maximum atomic E-state index is 12.1. The summed E-state index contributed by atoms with van der Waals surface area (Å²) < 4.78 is 28.6. The van der Waals surface area contributed by atoms with E-state index in [0.717, 1.165) is 11.3 Å². The lowest BCUT2D eigenvalue weighted by Gasteiger charge is -2.05. The highest BCUT2D eigenvalue weighted by Gasteiger charge is 2.19. The molecule has 0 aliphatic rings. The Morgan fingerprint density at radius 3 is 2.77 bits per heavy atom. The fraction of sp³-hybridized carbons (Fsp3) is 0.308. The van der Waals surface area contributed by atoms with Crippen LogP contribution in [0.5, 0.6) is 5.75 Å². The molecule has 0 unspecified atom stereocenters. The van der Waals surface area contributed by atoms with E-state index in [1.807, 2.05) is 6.92 Å². The zero-order chi connectivity index (χ0) is 16.2. The molecule has 0 spiro atoms. The number of amides is 1. The van der Waals surface area contributed by atoms with Crippen molar-refractivity contribution in [3.63, 3.8) is 0 Å². The zero-order valence-corrected chi connectivity index (χ0v) is 13.7. The van der Waals surface area contributed by atoms with Crippen LogP contribution in [0.15, 0.2) is 28.6 Å². The number of anilines is 1. The summed E-state index contributed by atoms with van der Waals surface area (Å²) in [7, 11) is -3.42. The van der Waals surface area contributed by atoms with Gasteiger partial charge in [-0.1, -0.05) is 24.3 Å². The number of aromatic nitrogens is 2. The van der Waals surface area contributed by atoms with Crippen molar-refractivity contribution in [2.24, 2.45) is 0 Å². The van der Waals surface area contributed by atoms with Crippen LogP contribution in [0.2, 0.25) is 0 Å². The van der Waals surface area contributed by atoms with E-state index in [4.69, 9.17) is 4.74 Å². The summed E-state index contributed by atoms with van der Waals surface area (Å²) >= 11 is 0.828. The van der Waals surface area contributed by atoms with Gasteiger partial charge in [0.15, 0.2) is 0 Å². The first-order valence-corrected chi connectivity index (χ1v) is 9.03. The molecule has 0 bridgehead atoms. The second-order valence-electron chi connectivity index (χ2n) is 4.19. The molecule has 1 aromatic heterocycles. The van der Waals surface area contributed by atoms with Gasteiger partial charge < -0.3 is 4.74 Å². The van der Waals surface area contributed by atoms with Crippen molar-refractivity contribution < 1.29 is 17.9 Å². The molecule has 9 heteroatoms. The summed E-state index contributed by atoms with van der Waals surface area (Å²) in [5, 5.41) is 9.94. The largest absolute Gasteiger partial charge is 0.494 e.